The third kappa shape index (κ3) is 5.99. The Kier molecular flexibility index (Phi) is 7.67. The number of fused-ring (bicyclic) bond motifs is 1. The largest absolute Gasteiger partial charge is 0.495 e. The van der Waals surface area contributed by atoms with E-state index in [-0.39, 0.29) is 32.1 Å². The number of ether oxygens (including phenoxy) is 1. The molecule has 4 aromatic rings. The van der Waals surface area contributed by atoms with E-state index in [9.17, 15) is 21.6 Å². The van der Waals surface area contributed by atoms with Gasteiger partial charge in [0.1, 0.15) is 5.75 Å². The fourth-order valence-corrected chi connectivity index (χ4v) is 7.15. The summed E-state index contributed by atoms with van der Waals surface area (Å²) in [6.45, 7) is 3.67. The Bertz CT molecular complexity index is 1730. The Balaban J connectivity index is 1.68. The number of aromatic nitrogens is 1. The van der Waals surface area contributed by atoms with E-state index in [1.165, 1.54) is 37.4 Å². The molecule has 0 bridgehead atoms. The molecular weight excluding hydrogens is 558 g/mol. The van der Waals surface area contributed by atoms with Crippen LogP contribution in [0.4, 0.5) is 5.69 Å². The molecule has 9 nitrogen and oxygen atoms in total. The Morgan fingerprint density at radius 1 is 0.946 bits per heavy atom. The second-order valence-corrected chi connectivity index (χ2v) is 13.3. The first-order valence-corrected chi connectivity index (χ1v) is 15.2. The summed E-state index contributed by atoms with van der Waals surface area (Å²) in [6, 6.07) is 15.0. The van der Waals surface area contributed by atoms with Crippen LogP contribution in [0.1, 0.15) is 19.4 Å². The lowest BCUT2D eigenvalue weighted by Gasteiger charge is -2.15. The van der Waals surface area contributed by atoms with Crippen LogP contribution in [0.5, 0.6) is 5.75 Å². The summed E-state index contributed by atoms with van der Waals surface area (Å²) in [5.41, 5.74) is 1.43. The van der Waals surface area contributed by atoms with E-state index in [0.29, 0.717) is 21.8 Å². The minimum absolute atomic E-state index is 0.0391. The second-order valence-electron chi connectivity index (χ2n) is 8.45. The van der Waals surface area contributed by atoms with Crippen LogP contribution in [-0.2, 0) is 26.6 Å². The Hall–Kier alpha value is -2.90. The van der Waals surface area contributed by atoms with Crippen molar-refractivity contribution in [1.29, 1.82) is 0 Å². The van der Waals surface area contributed by atoms with Crippen LogP contribution >= 0.6 is 22.9 Å². The van der Waals surface area contributed by atoms with Crippen molar-refractivity contribution in [3.8, 4) is 5.75 Å². The molecule has 0 saturated carbocycles. The molecule has 3 aromatic carbocycles. The summed E-state index contributed by atoms with van der Waals surface area (Å²) in [7, 11) is -6.68. The number of nitrogens with one attached hydrogen (secondary N) is 2. The van der Waals surface area contributed by atoms with E-state index >= 15 is 0 Å². The highest BCUT2D eigenvalue weighted by Crippen LogP contribution is 2.31. The van der Waals surface area contributed by atoms with Crippen LogP contribution < -0.4 is 19.1 Å². The van der Waals surface area contributed by atoms with Gasteiger partial charge in [0.25, 0.3) is 10.0 Å². The number of anilines is 1. The zero-order valence-corrected chi connectivity index (χ0v) is 23.3. The van der Waals surface area contributed by atoms with Gasteiger partial charge in [-0.2, -0.15) is 0 Å². The summed E-state index contributed by atoms with van der Waals surface area (Å²) in [5.74, 6) is 0.145. The summed E-state index contributed by atoms with van der Waals surface area (Å²) < 4.78 is 63.8. The summed E-state index contributed by atoms with van der Waals surface area (Å²) in [4.78, 5) is 12.2. The van der Waals surface area contributed by atoms with Gasteiger partial charge in [-0.05, 0) is 67.9 Å². The van der Waals surface area contributed by atoms with Crippen molar-refractivity contribution in [2.24, 2.45) is 0 Å². The molecule has 0 aliphatic heterocycles. The third-order valence-corrected chi connectivity index (χ3v) is 9.53. The van der Waals surface area contributed by atoms with Crippen molar-refractivity contribution in [3.05, 3.63) is 80.9 Å². The topological polar surface area (TPSA) is 124 Å². The van der Waals surface area contributed by atoms with Gasteiger partial charge in [-0.3, -0.25) is 14.1 Å². The van der Waals surface area contributed by atoms with E-state index in [2.05, 4.69) is 9.44 Å². The SMILES string of the molecule is COc1ccc(S(=O)(=O)NC(C)C)cc1NS(=O)(=O)c1ccc2c(c1)sc(=O)n2Cc1ccc(Cl)cc1. The number of halogens is 1. The second kappa shape index (κ2) is 10.5. The minimum Gasteiger partial charge on any atom is -0.495 e. The fourth-order valence-electron chi connectivity index (χ4n) is 3.65. The minimum atomic E-state index is -4.15. The quantitative estimate of drug-likeness (QED) is 0.304. The number of hydrogen-bond donors (Lipinski definition) is 2. The van der Waals surface area contributed by atoms with Crippen molar-refractivity contribution in [2.45, 2.75) is 36.2 Å². The highest BCUT2D eigenvalue weighted by atomic mass is 35.5. The zero-order valence-electron chi connectivity index (χ0n) is 20.1. The smallest absolute Gasteiger partial charge is 0.308 e. The van der Waals surface area contributed by atoms with Crippen molar-refractivity contribution < 1.29 is 21.6 Å². The molecule has 0 saturated heterocycles. The fraction of sp³-hybridized carbons (Fsp3) is 0.208. The van der Waals surface area contributed by atoms with Gasteiger partial charge in [-0.15, -0.1) is 0 Å². The zero-order chi connectivity index (χ0) is 27.0. The first-order valence-electron chi connectivity index (χ1n) is 11.0. The van der Waals surface area contributed by atoms with Crippen LogP contribution in [0.2, 0.25) is 5.02 Å². The van der Waals surface area contributed by atoms with Crippen molar-refractivity contribution in [2.75, 3.05) is 11.8 Å². The maximum atomic E-state index is 13.2. The lowest BCUT2D eigenvalue weighted by molar-refractivity contribution is 0.416. The maximum absolute atomic E-state index is 13.2. The number of hydrogen-bond acceptors (Lipinski definition) is 7. The molecule has 0 aliphatic carbocycles. The first kappa shape index (κ1) is 27.1. The van der Waals surface area contributed by atoms with Gasteiger partial charge >= 0.3 is 4.87 Å². The van der Waals surface area contributed by atoms with Crippen molar-refractivity contribution >= 4 is 58.9 Å². The standard InChI is InChI=1S/C24H24ClN3O6S3/c1-15(2)26-36(30,31)18-9-11-22(34-3)20(12-18)27-37(32,33)19-8-10-21-23(13-19)35-24(29)28(21)14-16-4-6-17(25)7-5-16/h4-13,15,26-27H,14H2,1-3H3. The summed E-state index contributed by atoms with van der Waals surface area (Å²) in [6.07, 6.45) is 0. The Morgan fingerprint density at radius 2 is 1.59 bits per heavy atom. The molecule has 1 aromatic heterocycles. The van der Waals surface area contributed by atoms with Crippen LogP contribution in [0.25, 0.3) is 10.2 Å². The van der Waals surface area contributed by atoms with Crippen LogP contribution in [0.15, 0.2) is 75.2 Å². The molecule has 0 spiro atoms. The van der Waals surface area contributed by atoms with Crippen LogP contribution in [0.3, 0.4) is 0 Å². The van der Waals surface area contributed by atoms with E-state index in [0.717, 1.165) is 16.9 Å². The molecule has 0 aliphatic rings. The molecule has 0 unspecified atom stereocenters. The maximum Gasteiger partial charge on any atom is 0.308 e. The number of rotatable bonds is 9. The van der Waals surface area contributed by atoms with Crippen LogP contribution in [0, 0.1) is 0 Å². The molecule has 0 radical (unpaired) electrons. The van der Waals surface area contributed by atoms with Crippen molar-refractivity contribution in [1.82, 2.24) is 9.29 Å². The molecule has 37 heavy (non-hydrogen) atoms. The lowest BCUT2D eigenvalue weighted by atomic mass is 10.2. The average molecular weight is 582 g/mol. The van der Waals surface area contributed by atoms with Gasteiger partial charge in [0, 0.05) is 11.1 Å². The van der Waals surface area contributed by atoms with Gasteiger partial charge in [0.2, 0.25) is 10.0 Å². The normalized spacial score (nSPS) is 12.2. The monoisotopic (exact) mass is 581 g/mol. The van der Waals surface area contributed by atoms with Gasteiger partial charge in [-0.25, -0.2) is 21.6 Å². The number of nitrogens with zero attached hydrogens (tertiary/aromatic N) is 1. The van der Waals surface area contributed by atoms with Crippen LogP contribution in [-0.4, -0.2) is 34.6 Å². The third-order valence-electron chi connectivity index (χ3n) is 5.32. The molecule has 0 fully saturated rings. The van der Waals surface area contributed by atoms with Gasteiger partial charge in [0.05, 0.1) is 39.3 Å². The van der Waals surface area contributed by atoms with E-state index < -0.39 is 20.0 Å². The van der Waals surface area contributed by atoms with Gasteiger partial charge in [0.15, 0.2) is 0 Å². The Morgan fingerprint density at radius 3 is 2.24 bits per heavy atom. The molecule has 0 amide bonds. The summed E-state index contributed by atoms with van der Waals surface area (Å²) in [5, 5.41) is 0.588. The predicted octanol–water partition coefficient (Wildman–Crippen LogP) is 4.26. The van der Waals surface area contributed by atoms with Gasteiger partial charge < -0.3 is 4.74 Å². The first-order chi connectivity index (χ1) is 17.4. The molecule has 1 heterocycles. The molecule has 0 atom stereocenters. The molecule has 4 rings (SSSR count). The average Bonchev–Trinajstić information content (AvgIpc) is 3.13. The predicted molar refractivity (Wildman–Crippen MR) is 146 cm³/mol. The molecular formula is C24H24ClN3O6S3. The van der Waals surface area contributed by atoms with E-state index in [1.807, 2.05) is 12.1 Å². The molecule has 13 heteroatoms. The van der Waals surface area contributed by atoms with Crippen molar-refractivity contribution in [3.63, 3.8) is 0 Å². The number of thiazole rings is 1. The lowest BCUT2D eigenvalue weighted by Crippen LogP contribution is -2.30. The number of sulfonamides is 2. The highest BCUT2D eigenvalue weighted by molar-refractivity contribution is 7.92. The number of benzene rings is 3. The Labute approximate surface area is 223 Å². The summed E-state index contributed by atoms with van der Waals surface area (Å²) >= 11 is 6.87. The van der Waals surface area contributed by atoms with E-state index in [4.69, 9.17) is 16.3 Å². The molecule has 196 valence electrons. The molecule has 2 N–H and O–H groups in total. The van der Waals surface area contributed by atoms with E-state index in [1.54, 1.807) is 36.6 Å². The highest BCUT2D eigenvalue weighted by Gasteiger charge is 2.22. The van der Waals surface area contributed by atoms with Gasteiger partial charge in [-0.1, -0.05) is 35.1 Å². The number of methoxy groups -OCH3 is 1.